The summed E-state index contributed by atoms with van der Waals surface area (Å²) in [5, 5.41) is 14.5. The third-order valence-electron chi connectivity index (χ3n) is 3.34. The van der Waals surface area contributed by atoms with E-state index in [1.165, 1.54) is 11.0 Å². The molecule has 3 aromatic rings. The van der Waals surface area contributed by atoms with Gasteiger partial charge in [0.2, 0.25) is 5.91 Å². The molecule has 7 nitrogen and oxygen atoms in total. The first-order valence-electron chi connectivity index (χ1n) is 7.11. The summed E-state index contributed by atoms with van der Waals surface area (Å²) >= 11 is 5.84. The maximum absolute atomic E-state index is 12.2. The van der Waals surface area contributed by atoms with Crippen LogP contribution in [-0.4, -0.2) is 33.2 Å². The Morgan fingerprint density at radius 3 is 2.71 bits per heavy atom. The molecule has 1 N–H and O–H groups in total. The average molecular weight is 344 g/mol. The highest BCUT2D eigenvalue weighted by atomic mass is 35.5. The molecular formula is C16H14ClN5O2. The Kier molecular flexibility index (Phi) is 4.72. The van der Waals surface area contributed by atoms with Gasteiger partial charge in [0.15, 0.2) is 0 Å². The Hall–Kier alpha value is -2.93. The van der Waals surface area contributed by atoms with Crippen LogP contribution in [0.2, 0.25) is 5.02 Å². The van der Waals surface area contributed by atoms with Crippen molar-refractivity contribution in [3.8, 4) is 11.4 Å². The maximum atomic E-state index is 12.2. The predicted molar refractivity (Wildman–Crippen MR) is 89.5 cm³/mol. The molecule has 0 aliphatic heterocycles. The lowest BCUT2D eigenvalue weighted by Crippen LogP contribution is -2.14. The van der Waals surface area contributed by atoms with Crippen LogP contribution in [0.3, 0.4) is 0 Å². The summed E-state index contributed by atoms with van der Waals surface area (Å²) in [5.41, 5.74) is 2.14. The number of amides is 1. The van der Waals surface area contributed by atoms with Crippen LogP contribution < -0.4 is 10.1 Å². The van der Waals surface area contributed by atoms with Crippen molar-refractivity contribution in [2.75, 3.05) is 12.4 Å². The van der Waals surface area contributed by atoms with Crippen molar-refractivity contribution in [3.05, 3.63) is 59.4 Å². The van der Waals surface area contributed by atoms with Gasteiger partial charge in [-0.15, -0.1) is 5.10 Å². The Labute approximate surface area is 143 Å². The monoisotopic (exact) mass is 343 g/mol. The van der Waals surface area contributed by atoms with Crippen molar-refractivity contribution < 1.29 is 9.53 Å². The van der Waals surface area contributed by atoms with Gasteiger partial charge < -0.3 is 10.1 Å². The molecule has 0 unspecified atom stereocenters. The van der Waals surface area contributed by atoms with Crippen molar-refractivity contribution >= 4 is 23.2 Å². The number of aromatic nitrogens is 4. The maximum Gasteiger partial charge on any atom is 0.228 e. The van der Waals surface area contributed by atoms with Crippen LogP contribution in [0.4, 0.5) is 5.69 Å². The van der Waals surface area contributed by atoms with Gasteiger partial charge in [-0.3, -0.25) is 4.79 Å². The number of ether oxygens (including phenoxy) is 1. The zero-order chi connectivity index (χ0) is 16.9. The molecule has 24 heavy (non-hydrogen) atoms. The predicted octanol–water partition coefficient (Wildman–Crippen LogP) is 2.51. The third-order valence-corrected chi connectivity index (χ3v) is 3.59. The van der Waals surface area contributed by atoms with E-state index in [0.29, 0.717) is 22.1 Å². The van der Waals surface area contributed by atoms with Gasteiger partial charge in [0, 0.05) is 10.7 Å². The van der Waals surface area contributed by atoms with Crippen LogP contribution in [0, 0.1) is 0 Å². The van der Waals surface area contributed by atoms with E-state index in [0.717, 1.165) is 5.56 Å². The fourth-order valence-corrected chi connectivity index (χ4v) is 2.34. The lowest BCUT2D eigenvalue weighted by Gasteiger charge is -2.11. The van der Waals surface area contributed by atoms with Crippen LogP contribution in [0.1, 0.15) is 5.56 Å². The summed E-state index contributed by atoms with van der Waals surface area (Å²) < 4.78 is 6.76. The van der Waals surface area contributed by atoms with Gasteiger partial charge in [0.25, 0.3) is 0 Å². The second-order valence-electron chi connectivity index (χ2n) is 4.99. The summed E-state index contributed by atoms with van der Waals surface area (Å²) in [6.45, 7) is 0. The standard InChI is InChI=1S/C16H14ClN5O2/c1-24-15-7-6-13(9-14(15)22-10-18-20-21-22)19-16(23)8-11-2-4-12(17)5-3-11/h2-7,9-10H,8H2,1H3,(H,19,23). The average Bonchev–Trinajstić information content (AvgIpc) is 3.11. The number of carbonyl (C=O) groups excluding carboxylic acids is 1. The molecule has 0 atom stereocenters. The van der Waals surface area contributed by atoms with E-state index in [-0.39, 0.29) is 12.3 Å². The second-order valence-corrected chi connectivity index (χ2v) is 5.43. The Bertz CT molecular complexity index is 834. The number of benzene rings is 2. The van der Waals surface area contributed by atoms with Gasteiger partial charge in [0.05, 0.1) is 13.5 Å². The van der Waals surface area contributed by atoms with E-state index in [4.69, 9.17) is 16.3 Å². The minimum atomic E-state index is -0.134. The lowest BCUT2D eigenvalue weighted by atomic mass is 10.1. The number of nitrogens with one attached hydrogen (secondary N) is 1. The van der Waals surface area contributed by atoms with E-state index in [1.807, 2.05) is 12.1 Å². The lowest BCUT2D eigenvalue weighted by molar-refractivity contribution is -0.115. The molecular weight excluding hydrogens is 330 g/mol. The molecule has 1 heterocycles. The molecule has 2 aromatic carbocycles. The second kappa shape index (κ2) is 7.10. The summed E-state index contributed by atoms with van der Waals surface area (Å²) in [6.07, 6.45) is 1.71. The molecule has 0 saturated carbocycles. The first-order valence-corrected chi connectivity index (χ1v) is 7.49. The van der Waals surface area contributed by atoms with Gasteiger partial charge in [-0.1, -0.05) is 23.7 Å². The largest absolute Gasteiger partial charge is 0.494 e. The fraction of sp³-hybridized carbons (Fsp3) is 0.125. The minimum Gasteiger partial charge on any atom is -0.494 e. The molecule has 1 aromatic heterocycles. The van der Waals surface area contributed by atoms with Crippen molar-refractivity contribution in [2.45, 2.75) is 6.42 Å². The normalized spacial score (nSPS) is 10.4. The molecule has 0 radical (unpaired) electrons. The quantitative estimate of drug-likeness (QED) is 0.769. The molecule has 0 saturated heterocycles. The van der Waals surface area contributed by atoms with E-state index in [2.05, 4.69) is 20.8 Å². The first kappa shape index (κ1) is 15.9. The number of methoxy groups -OCH3 is 1. The Balaban J connectivity index is 1.76. The summed E-state index contributed by atoms with van der Waals surface area (Å²) in [4.78, 5) is 12.2. The van der Waals surface area contributed by atoms with Gasteiger partial charge >= 0.3 is 0 Å². The van der Waals surface area contributed by atoms with E-state index in [9.17, 15) is 4.79 Å². The number of hydrogen-bond acceptors (Lipinski definition) is 5. The Morgan fingerprint density at radius 1 is 1.25 bits per heavy atom. The first-order chi connectivity index (χ1) is 11.7. The van der Waals surface area contributed by atoms with Gasteiger partial charge in [0.1, 0.15) is 17.8 Å². The van der Waals surface area contributed by atoms with Crippen LogP contribution in [-0.2, 0) is 11.2 Å². The number of anilines is 1. The summed E-state index contributed by atoms with van der Waals surface area (Å²) in [6, 6.07) is 12.4. The van der Waals surface area contributed by atoms with Crippen molar-refractivity contribution in [1.82, 2.24) is 20.2 Å². The zero-order valence-corrected chi connectivity index (χ0v) is 13.6. The van der Waals surface area contributed by atoms with Crippen LogP contribution in [0.5, 0.6) is 5.75 Å². The highest BCUT2D eigenvalue weighted by Gasteiger charge is 2.10. The van der Waals surface area contributed by atoms with E-state index < -0.39 is 0 Å². The van der Waals surface area contributed by atoms with Gasteiger partial charge in [-0.2, -0.15) is 4.68 Å². The Morgan fingerprint density at radius 2 is 2.04 bits per heavy atom. The number of nitrogens with zero attached hydrogens (tertiary/aromatic N) is 4. The molecule has 0 fully saturated rings. The van der Waals surface area contributed by atoms with E-state index >= 15 is 0 Å². The smallest absolute Gasteiger partial charge is 0.228 e. The SMILES string of the molecule is COc1ccc(NC(=O)Cc2ccc(Cl)cc2)cc1-n1cnnn1. The number of hydrogen-bond donors (Lipinski definition) is 1. The molecule has 0 aliphatic rings. The van der Waals surface area contributed by atoms with Crippen LogP contribution >= 0.6 is 11.6 Å². The highest BCUT2D eigenvalue weighted by Crippen LogP contribution is 2.25. The van der Waals surface area contributed by atoms with Gasteiger partial charge in [-0.25, -0.2) is 0 Å². The molecule has 8 heteroatoms. The fourth-order valence-electron chi connectivity index (χ4n) is 2.21. The summed E-state index contributed by atoms with van der Waals surface area (Å²) in [7, 11) is 1.56. The zero-order valence-electron chi connectivity index (χ0n) is 12.8. The minimum absolute atomic E-state index is 0.134. The van der Waals surface area contributed by atoms with Crippen LogP contribution in [0.25, 0.3) is 5.69 Å². The highest BCUT2D eigenvalue weighted by molar-refractivity contribution is 6.30. The van der Waals surface area contributed by atoms with Crippen LogP contribution in [0.15, 0.2) is 48.8 Å². The number of tetrazole rings is 1. The van der Waals surface area contributed by atoms with E-state index in [1.54, 1.807) is 37.4 Å². The molecule has 0 bridgehead atoms. The molecule has 1 amide bonds. The number of rotatable bonds is 5. The third kappa shape index (κ3) is 3.69. The van der Waals surface area contributed by atoms with Gasteiger partial charge in [-0.05, 0) is 46.3 Å². The molecule has 122 valence electrons. The molecule has 0 aliphatic carbocycles. The topological polar surface area (TPSA) is 81.9 Å². The number of carbonyl (C=O) groups is 1. The summed E-state index contributed by atoms with van der Waals surface area (Å²) in [5.74, 6) is 0.461. The van der Waals surface area contributed by atoms with Crippen molar-refractivity contribution in [2.24, 2.45) is 0 Å². The van der Waals surface area contributed by atoms with Crippen molar-refractivity contribution in [3.63, 3.8) is 0 Å². The molecule has 0 spiro atoms. The number of halogens is 1. The molecule has 3 rings (SSSR count). The van der Waals surface area contributed by atoms with Crippen molar-refractivity contribution in [1.29, 1.82) is 0 Å².